The van der Waals surface area contributed by atoms with Crippen LogP contribution >= 0.6 is 0 Å². The summed E-state index contributed by atoms with van der Waals surface area (Å²) in [4.78, 5) is 33.9. The molecule has 160 valence electrons. The Balaban J connectivity index is 2.83. The first-order valence-electron chi connectivity index (χ1n) is 9.80. The minimum absolute atomic E-state index is 0.0356. The summed E-state index contributed by atoms with van der Waals surface area (Å²) in [5.74, 6) is -0.109. The Bertz CT molecular complexity index is 764. The Kier molecular flexibility index (Phi) is 9.10. The van der Waals surface area contributed by atoms with Gasteiger partial charge in [-0.25, -0.2) is 22.8 Å². The highest BCUT2D eigenvalue weighted by Crippen LogP contribution is 2.49. The Morgan fingerprint density at radius 1 is 1.07 bits per heavy atom. The summed E-state index contributed by atoms with van der Waals surface area (Å²) < 4.78 is 0. The topological polar surface area (TPSA) is 109 Å². The number of hydrogen-bond acceptors (Lipinski definition) is 4. The summed E-state index contributed by atoms with van der Waals surface area (Å²) in [7, 11) is 0. The van der Waals surface area contributed by atoms with Gasteiger partial charge in [0.15, 0.2) is 0 Å². The van der Waals surface area contributed by atoms with E-state index in [0.717, 1.165) is 24.2 Å². The molecule has 3 amide bonds. The maximum atomic E-state index is 12.6. The third-order valence-corrected chi connectivity index (χ3v) is 5.30. The van der Waals surface area contributed by atoms with Gasteiger partial charge in [-0.2, -0.15) is 10.5 Å². The number of nitrogens with zero attached hydrogens (tertiary/aromatic N) is 6. The standard InChI is InChI=1S/C21H29N7O2/c1-20(2)11-17(10-18(29)28(15-24-4)16-25-5)12-21(3,13-20)14-26-19(30)27(8-6-22)9-7-23/h17H,8-16H2,1-3H3,(H,26,30). The van der Waals surface area contributed by atoms with Gasteiger partial charge >= 0.3 is 6.03 Å². The fourth-order valence-electron chi connectivity index (χ4n) is 4.65. The normalized spacial score (nSPS) is 21.8. The lowest BCUT2D eigenvalue weighted by atomic mass is 9.60. The van der Waals surface area contributed by atoms with E-state index in [-0.39, 0.29) is 55.5 Å². The predicted octanol–water partition coefficient (Wildman–Crippen LogP) is 2.85. The molecule has 0 radical (unpaired) electrons. The number of urea groups is 1. The lowest BCUT2D eigenvalue weighted by Crippen LogP contribution is -2.48. The number of amides is 3. The molecule has 1 fully saturated rings. The number of hydrogen-bond donors (Lipinski definition) is 1. The number of carbonyl (C=O) groups excluding carboxylic acids is 2. The number of nitrogens with one attached hydrogen (secondary N) is 1. The van der Waals surface area contributed by atoms with Crippen LogP contribution in [0.25, 0.3) is 9.69 Å². The van der Waals surface area contributed by atoms with Gasteiger partial charge in [0.05, 0.1) is 12.1 Å². The molecule has 2 atom stereocenters. The Morgan fingerprint density at radius 3 is 2.13 bits per heavy atom. The van der Waals surface area contributed by atoms with E-state index in [0.29, 0.717) is 6.54 Å². The first-order chi connectivity index (χ1) is 14.1. The smallest absolute Gasteiger partial charge is 0.319 e. The number of rotatable bonds is 8. The Labute approximate surface area is 178 Å². The molecular formula is C21H29N7O2. The van der Waals surface area contributed by atoms with Gasteiger partial charge in [-0.05, 0) is 36.0 Å². The fraction of sp³-hybridized carbons (Fsp3) is 0.714. The fourth-order valence-corrected chi connectivity index (χ4v) is 4.65. The van der Waals surface area contributed by atoms with E-state index in [1.165, 1.54) is 4.90 Å². The van der Waals surface area contributed by atoms with Crippen molar-refractivity contribution in [2.45, 2.75) is 46.5 Å². The summed E-state index contributed by atoms with van der Waals surface area (Å²) in [6.07, 6.45) is 2.70. The molecule has 0 aromatic rings. The molecule has 1 saturated carbocycles. The summed E-state index contributed by atoms with van der Waals surface area (Å²) in [5.41, 5.74) is -0.288. The highest BCUT2D eigenvalue weighted by atomic mass is 16.2. The predicted molar refractivity (Wildman–Crippen MR) is 110 cm³/mol. The number of nitriles is 2. The van der Waals surface area contributed by atoms with Gasteiger partial charge in [0.1, 0.15) is 13.1 Å². The maximum Gasteiger partial charge on any atom is 0.319 e. The first kappa shape index (κ1) is 24.7. The van der Waals surface area contributed by atoms with Gasteiger partial charge < -0.3 is 5.32 Å². The molecule has 1 aliphatic rings. The van der Waals surface area contributed by atoms with Gasteiger partial charge in [0, 0.05) is 13.0 Å². The van der Waals surface area contributed by atoms with E-state index in [2.05, 4.69) is 35.8 Å². The van der Waals surface area contributed by atoms with E-state index in [9.17, 15) is 9.59 Å². The van der Waals surface area contributed by atoms with Crippen LogP contribution in [0.5, 0.6) is 0 Å². The zero-order valence-corrected chi connectivity index (χ0v) is 17.9. The minimum Gasteiger partial charge on any atom is -0.337 e. The Hall–Kier alpha value is -3.30. The third kappa shape index (κ3) is 7.61. The van der Waals surface area contributed by atoms with E-state index in [4.69, 9.17) is 23.7 Å². The lowest BCUT2D eigenvalue weighted by molar-refractivity contribution is -0.132. The minimum atomic E-state index is -0.448. The van der Waals surface area contributed by atoms with Crippen LogP contribution in [-0.2, 0) is 4.79 Å². The van der Waals surface area contributed by atoms with Crippen molar-refractivity contribution in [2.75, 3.05) is 33.0 Å². The van der Waals surface area contributed by atoms with E-state index < -0.39 is 6.03 Å². The van der Waals surface area contributed by atoms with Gasteiger partial charge in [-0.15, -0.1) is 0 Å². The average Bonchev–Trinajstić information content (AvgIpc) is 2.64. The van der Waals surface area contributed by atoms with E-state index in [1.807, 2.05) is 12.1 Å². The average molecular weight is 412 g/mol. The lowest BCUT2D eigenvalue weighted by Gasteiger charge is -2.47. The molecule has 1 rings (SSSR count). The molecule has 0 aromatic carbocycles. The summed E-state index contributed by atoms with van der Waals surface area (Å²) >= 11 is 0. The van der Waals surface area contributed by atoms with E-state index >= 15 is 0 Å². The second-order valence-electron chi connectivity index (χ2n) is 8.99. The molecule has 0 aromatic heterocycles. The van der Waals surface area contributed by atoms with Gasteiger partial charge in [-0.1, -0.05) is 20.8 Å². The maximum absolute atomic E-state index is 12.6. The zero-order valence-electron chi connectivity index (χ0n) is 17.9. The van der Waals surface area contributed by atoms with Crippen LogP contribution in [0.2, 0.25) is 0 Å². The van der Waals surface area contributed by atoms with Crippen molar-refractivity contribution in [3.05, 3.63) is 22.8 Å². The molecule has 0 bridgehead atoms. The van der Waals surface area contributed by atoms with Crippen LogP contribution < -0.4 is 5.32 Å². The molecular weight excluding hydrogens is 382 g/mol. The first-order valence-corrected chi connectivity index (χ1v) is 9.80. The van der Waals surface area contributed by atoms with Gasteiger partial charge in [0.25, 0.3) is 13.3 Å². The highest BCUT2D eigenvalue weighted by Gasteiger charge is 2.42. The molecule has 0 spiro atoms. The molecule has 9 heteroatoms. The molecule has 30 heavy (non-hydrogen) atoms. The van der Waals surface area contributed by atoms with Crippen molar-refractivity contribution in [3.8, 4) is 12.1 Å². The molecule has 0 aliphatic heterocycles. The quantitative estimate of drug-likeness (QED) is 0.489. The van der Waals surface area contributed by atoms with Crippen molar-refractivity contribution in [3.63, 3.8) is 0 Å². The number of carbonyl (C=O) groups is 2. The second kappa shape index (κ2) is 11.0. The molecule has 9 nitrogen and oxygen atoms in total. The van der Waals surface area contributed by atoms with Crippen LogP contribution in [0.15, 0.2) is 0 Å². The van der Waals surface area contributed by atoms with Gasteiger partial charge in [0.2, 0.25) is 5.91 Å². The van der Waals surface area contributed by atoms with Crippen molar-refractivity contribution < 1.29 is 9.59 Å². The third-order valence-electron chi connectivity index (χ3n) is 5.30. The SMILES string of the molecule is [C-]#[N+]CN(C[N+]#[C-])C(=O)CC1CC(C)(C)CC(C)(CNC(=O)N(CC#N)CC#N)C1. The Morgan fingerprint density at radius 2 is 1.63 bits per heavy atom. The zero-order chi connectivity index (χ0) is 22.8. The highest BCUT2D eigenvalue weighted by molar-refractivity contribution is 5.76. The molecule has 1 N–H and O–H groups in total. The van der Waals surface area contributed by atoms with Crippen LogP contribution in [0.3, 0.4) is 0 Å². The molecule has 2 unspecified atom stereocenters. The molecule has 0 heterocycles. The van der Waals surface area contributed by atoms with Crippen LogP contribution in [-0.4, -0.2) is 54.7 Å². The van der Waals surface area contributed by atoms with Crippen molar-refractivity contribution in [1.29, 1.82) is 10.5 Å². The largest absolute Gasteiger partial charge is 0.337 e. The molecule has 1 aliphatic carbocycles. The van der Waals surface area contributed by atoms with Crippen LogP contribution in [0.1, 0.15) is 46.5 Å². The van der Waals surface area contributed by atoms with Crippen molar-refractivity contribution in [1.82, 2.24) is 15.1 Å². The van der Waals surface area contributed by atoms with Gasteiger partial charge in [-0.3, -0.25) is 19.4 Å². The monoisotopic (exact) mass is 411 g/mol. The van der Waals surface area contributed by atoms with Crippen molar-refractivity contribution in [2.24, 2.45) is 16.7 Å². The second-order valence-corrected chi connectivity index (χ2v) is 8.99. The van der Waals surface area contributed by atoms with Crippen molar-refractivity contribution >= 4 is 11.9 Å². The van der Waals surface area contributed by atoms with Crippen LogP contribution in [0.4, 0.5) is 4.79 Å². The van der Waals surface area contributed by atoms with E-state index in [1.54, 1.807) is 0 Å². The summed E-state index contributed by atoms with van der Waals surface area (Å²) in [6.45, 7) is 20.1. The van der Waals surface area contributed by atoms with Crippen LogP contribution in [0, 0.1) is 52.6 Å². The summed E-state index contributed by atoms with van der Waals surface area (Å²) in [5, 5.41) is 20.5. The summed E-state index contributed by atoms with van der Waals surface area (Å²) in [6, 6.07) is 3.32. The molecule has 0 saturated heterocycles.